The van der Waals surface area contributed by atoms with Crippen LogP contribution in [0.4, 0.5) is 0 Å². The van der Waals surface area contributed by atoms with E-state index in [1.807, 2.05) is 0 Å². The van der Waals surface area contributed by atoms with Gasteiger partial charge in [-0.25, -0.2) is 0 Å². The van der Waals surface area contributed by atoms with Crippen molar-refractivity contribution in [1.82, 2.24) is 0 Å². The standard InChI is InChI=1S/C8H16O2/c9-5-7-2-1-3-8(4-7)6-10/h7-10H,1-6H2/t7-,8+. The molecule has 0 aromatic heterocycles. The Kier molecular flexibility index (Phi) is 3.16. The minimum atomic E-state index is 0.302. The molecular weight excluding hydrogens is 128 g/mol. The van der Waals surface area contributed by atoms with Crippen molar-refractivity contribution >= 4 is 0 Å². The van der Waals surface area contributed by atoms with Gasteiger partial charge in [0.25, 0.3) is 0 Å². The Morgan fingerprint density at radius 1 is 1.00 bits per heavy atom. The fourth-order valence-corrected chi connectivity index (χ4v) is 1.73. The third-order valence-corrected chi connectivity index (χ3v) is 2.41. The van der Waals surface area contributed by atoms with Crippen LogP contribution in [0.25, 0.3) is 0 Å². The summed E-state index contributed by atoms with van der Waals surface area (Å²) in [5, 5.41) is 17.6. The van der Waals surface area contributed by atoms with Gasteiger partial charge in [-0.05, 0) is 31.1 Å². The van der Waals surface area contributed by atoms with Crippen LogP contribution in [0.15, 0.2) is 0 Å². The highest BCUT2D eigenvalue weighted by atomic mass is 16.3. The summed E-state index contributed by atoms with van der Waals surface area (Å²) in [6.07, 6.45) is 4.49. The zero-order chi connectivity index (χ0) is 7.40. The lowest BCUT2D eigenvalue weighted by atomic mass is 9.82. The Morgan fingerprint density at radius 2 is 1.50 bits per heavy atom. The monoisotopic (exact) mass is 144 g/mol. The fraction of sp³-hybridized carbons (Fsp3) is 1.00. The maximum Gasteiger partial charge on any atom is 0.0459 e. The molecule has 0 aromatic carbocycles. The van der Waals surface area contributed by atoms with Gasteiger partial charge < -0.3 is 10.2 Å². The molecule has 2 atom stereocenters. The molecule has 2 heteroatoms. The molecular formula is C8H16O2. The van der Waals surface area contributed by atoms with E-state index < -0.39 is 0 Å². The highest BCUT2D eigenvalue weighted by molar-refractivity contribution is 4.71. The van der Waals surface area contributed by atoms with Gasteiger partial charge in [-0.1, -0.05) is 6.42 Å². The highest BCUT2D eigenvalue weighted by Crippen LogP contribution is 2.27. The van der Waals surface area contributed by atoms with Gasteiger partial charge in [-0.15, -0.1) is 0 Å². The molecule has 0 aliphatic heterocycles. The summed E-state index contributed by atoms with van der Waals surface area (Å²) in [6.45, 7) is 0.604. The number of aliphatic hydroxyl groups is 2. The van der Waals surface area contributed by atoms with Crippen molar-refractivity contribution in [1.29, 1.82) is 0 Å². The highest BCUT2D eigenvalue weighted by Gasteiger charge is 2.20. The second-order valence-electron chi connectivity index (χ2n) is 3.26. The van der Waals surface area contributed by atoms with Crippen LogP contribution in [0.3, 0.4) is 0 Å². The summed E-state index contributed by atoms with van der Waals surface area (Å²) >= 11 is 0. The lowest BCUT2D eigenvalue weighted by molar-refractivity contribution is 0.121. The molecule has 0 amide bonds. The fourth-order valence-electron chi connectivity index (χ4n) is 1.73. The van der Waals surface area contributed by atoms with Gasteiger partial charge in [0.2, 0.25) is 0 Å². The van der Waals surface area contributed by atoms with Gasteiger partial charge in [0, 0.05) is 13.2 Å². The van der Waals surface area contributed by atoms with Gasteiger partial charge in [0.1, 0.15) is 0 Å². The molecule has 0 heterocycles. The first-order valence-electron chi connectivity index (χ1n) is 4.08. The third-order valence-electron chi connectivity index (χ3n) is 2.41. The van der Waals surface area contributed by atoms with E-state index in [2.05, 4.69) is 0 Å². The van der Waals surface area contributed by atoms with Gasteiger partial charge in [-0.2, -0.15) is 0 Å². The van der Waals surface area contributed by atoms with Crippen molar-refractivity contribution in [3.8, 4) is 0 Å². The molecule has 1 saturated carbocycles. The van der Waals surface area contributed by atoms with Crippen molar-refractivity contribution < 1.29 is 10.2 Å². The van der Waals surface area contributed by atoms with E-state index in [9.17, 15) is 0 Å². The van der Waals surface area contributed by atoms with Crippen molar-refractivity contribution in [2.75, 3.05) is 13.2 Å². The normalized spacial score (nSPS) is 34.2. The maximum atomic E-state index is 8.82. The quantitative estimate of drug-likeness (QED) is 0.601. The summed E-state index contributed by atoms with van der Waals surface area (Å²) in [5.41, 5.74) is 0. The van der Waals surface area contributed by atoms with Crippen LogP contribution in [0, 0.1) is 11.8 Å². The molecule has 0 aromatic rings. The van der Waals surface area contributed by atoms with E-state index in [4.69, 9.17) is 10.2 Å². The summed E-state index contributed by atoms with van der Waals surface area (Å²) in [6, 6.07) is 0. The molecule has 2 nitrogen and oxygen atoms in total. The molecule has 0 radical (unpaired) electrons. The molecule has 0 saturated heterocycles. The van der Waals surface area contributed by atoms with Crippen LogP contribution < -0.4 is 0 Å². The van der Waals surface area contributed by atoms with Crippen molar-refractivity contribution in [3.05, 3.63) is 0 Å². The van der Waals surface area contributed by atoms with E-state index >= 15 is 0 Å². The number of rotatable bonds is 2. The molecule has 60 valence electrons. The number of aliphatic hydroxyl groups excluding tert-OH is 2. The Morgan fingerprint density at radius 3 is 1.90 bits per heavy atom. The van der Waals surface area contributed by atoms with Crippen LogP contribution in [-0.4, -0.2) is 23.4 Å². The Balaban J connectivity index is 2.25. The SMILES string of the molecule is OC[C@@H]1CCC[C@H](CO)C1. The smallest absolute Gasteiger partial charge is 0.0459 e. The van der Waals surface area contributed by atoms with Gasteiger partial charge in [-0.3, -0.25) is 0 Å². The molecule has 1 aliphatic carbocycles. The van der Waals surface area contributed by atoms with Gasteiger partial charge in [0.15, 0.2) is 0 Å². The van der Waals surface area contributed by atoms with Crippen LogP contribution in [0.5, 0.6) is 0 Å². The molecule has 1 aliphatic rings. The van der Waals surface area contributed by atoms with Crippen LogP contribution in [0.2, 0.25) is 0 Å². The van der Waals surface area contributed by atoms with Gasteiger partial charge >= 0.3 is 0 Å². The second-order valence-corrected chi connectivity index (χ2v) is 3.26. The van der Waals surface area contributed by atoms with E-state index in [1.165, 1.54) is 6.42 Å². The zero-order valence-corrected chi connectivity index (χ0v) is 6.29. The summed E-state index contributed by atoms with van der Waals surface area (Å²) in [5.74, 6) is 0.928. The Labute approximate surface area is 61.9 Å². The lowest BCUT2D eigenvalue weighted by Crippen LogP contribution is -2.20. The van der Waals surface area contributed by atoms with E-state index in [-0.39, 0.29) is 0 Å². The Bertz CT molecular complexity index is 83.3. The topological polar surface area (TPSA) is 40.5 Å². The summed E-state index contributed by atoms with van der Waals surface area (Å²) < 4.78 is 0. The minimum absolute atomic E-state index is 0.302. The van der Waals surface area contributed by atoms with Crippen molar-refractivity contribution in [3.63, 3.8) is 0 Å². The first-order valence-corrected chi connectivity index (χ1v) is 4.08. The number of hydrogen-bond donors (Lipinski definition) is 2. The minimum Gasteiger partial charge on any atom is -0.396 e. The Hall–Kier alpha value is -0.0800. The maximum absolute atomic E-state index is 8.82. The van der Waals surface area contributed by atoms with Crippen LogP contribution in [-0.2, 0) is 0 Å². The molecule has 10 heavy (non-hydrogen) atoms. The molecule has 1 fully saturated rings. The van der Waals surface area contributed by atoms with Crippen molar-refractivity contribution in [2.24, 2.45) is 11.8 Å². The third kappa shape index (κ3) is 1.96. The average molecular weight is 144 g/mol. The molecule has 2 N–H and O–H groups in total. The number of hydrogen-bond acceptors (Lipinski definition) is 2. The van der Waals surface area contributed by atoms with Crippen LogP contribution >= 0.6 is 0 Å². The lowest BCUT2D eigenvalue weighted by Gasteiger charge is -2.26. The molecule has 0 unspecified atom stereocenters. The zero-order valence-electron chi connectivity index (χ0n) is 6.29. The first kappa shape index (κ1) is 8.02. The second kappa shape index (κ2) is 3.94. The van der Waals surface area contributed by atoms with E-state index in [1.54, 1.807) is 0 Å². The molecule has 1 rings (SSSR count). The summed E-state index contributed by atoms with van der Waals surface area (Å²) in [7, 11) is 0. The van der Waals surface area contributed by atoms with E-state index in [0.29, 0.717) is 25.0 Å². The molecule has 0 spiro atoms. The van der Waals surface area contributed by atoms with E-state index in [0.717, 1.165) is 19.3 Å². The molecule has 0 bridgehead atoms. The average Bonchev–Trinajstić information content (AvgIpc) is 2.05. The van der Waals surface area contributed by atoms with Crippen LogP contribution in [0.1, 0.15) is 25.7 Å². The van der Waals surface area contributed by atoms with Gasteiger partial charge in [0.05, 0.1) is 0 Å². The summed E-state index contributed by atoms with van der Waals surface area (Å²) in [4.78, 5) is 0. The van der Waals surface area contributed by atoms with Crippen molar-refractivity contribution in [2.45, 2.75) is 25.7 Å². The first-order chi connectivity index (χ1) is 4.86. The predicted octanol–water partition coefficient (Wildman–Crippen LogP) is 0.777. The predicted molar refractivity (Wildman–Crippen MR) is 39.6 cm³/mol. The largest absolute Gasteiger partial charge is 0.396 e.